The number of rotatable bonds is 7. The van der Waals surface area contributed by atoms with Crippen molar-refractivity contribution in [2.24, 2.45) is 0 Å². The second-order valence-electron chi connectivity index (χ2n) is 5.04. The van der Waals surface area contributed by atoms with E-state index in [-0.39, 0.29) is 17.3 Å². The summed E-state index contributed by atoms with van der Waals surface area (Å²) in [5.41, 5.74) is 2.33. The summed E-state index contributed by atoms with van der Waals surface area (Å²) in [7, 11) is -3.28. The minimum Gasteiger partial charge on any atom is -0.293 e. The summed E-state index contributed by atoms with van der Waals surface area (Å²) in [4.78, 5) is 12.1. The number of benzene rings is 1. The maximum Gasteiger partial charge on any atom is 0.178 e. The Balaban J connectivity index is 2.76. The van der Waals surface area contributed by atoms with Gasteiger partial charge >= 0.3 is 0 Å². The number of sulfone groups is 1. The number of ketones is 1. The van der Waals surface area contributed by atoms with Crippen molar-refractivity contribution in [3.05, 3.63) is 34.9 Å². The molecule has 0 aliphatic heterocycles. The Bertz CT molecular complexity index is 545. The van der Waals surface area contributed by atoms with Gasteiger partial charge in [-0.1, -0.05) is 37.5 Å². The highest BCUT2D eigenvalue weighted by atomic mass is 32.2. The van der Waals surface area contributed by atoms with E-state index in [0.29, 0.717) is 12.0 Å². The normalized spacial score (nSPS) is 11.5. The van der Waals surface area contributed by atoms with Crippen LogP contribution in [-0.2, 0) is 9.84 Å². The standard InChI is InChI=1S/C15H22O3S/c1-4-5-6-9-19(17,18)11-15(16)14-10-12(2)7-8-13(14)3/h7-8,10H,4-6,9,11H2,1-3H3. The molecule has 1 aromatic rings. The van der Waals surface area contributed by atoms with Gasteiger partial charge in [0.1, 0.15) is 5.75 Å². The first-order chi connectivity index (χ1) is 8.85. The maximum atomic E-state index is 12.1. The molecule has 3 nitrogen and oxygen atoms in total. The van der Waals surface area contributed by atoms with Crippen LogP contribution in [-0.4, -0.2) is 25.7 Å². The Morgan fingerprint density at radius 3 is 2.47 bits per heavy atom. The van der Waals surface area contributed by atoms with Crippen LogP contribution in [0.15, 0.2) is 18.2 Å². The fourth-order valence-electron chi connectivity index (χ4n) is 1.96. The summed E-state index contributed by atoms with van der Waals surface area (Å²) in [5.74, 6) is -0.559. The average molecular weight is 282 g/mol. The molecule has 0 aromatic heterocycles. The number of carbonyl (C=O) groups excluding carboxylic acids is 1. The Morgan fingerprint density at radius 2 is 1.84 bits per heavy atom. The van der Waals surface area contributed by atoms with Gasteiger partial charge in [-0.3, -0.25) is 4.79 Å². The van der Waals surface area contributed by atoms with E-state index >= 15 is 0 Å². The molecule has 0 radical (unpaired) electrons. The van der Waals surface area contributed by atoms with Crippen molar-refractivity contribution < 1.29 is 13.2 Å². The van der Waals surface area contributed by atoms with Gasteiger partial charge in [0.15, 0.2) is 15.6 Å². The molecule has 0 saturated carbocycles. The van der Waals surface area contributed by atoms with Gasteiger partial charge in [0.05, 0.1) is 5.75 Å². The van der Waals surface area contributed by atoms with E-state index in [1.165, 1.54) is 0 Å². The molecule has 19 heavy (non-hydrogen) atoms. The van der Waals surface area contributed by atoms with Gasteiger partial charge in [-0.05, 0) is 31.9 Å². The first-order valence-corrected chi connectivity index (χ1v) is 8.48. The molecule has 4 heteroatoms. The molecule has 0 heterocycles. The predicted octanol–water partition coefficient (Wildman–Crippen LogP) is 3.09. The largest absolute Gasteiger partial charge is 0.293 e. The highest BCUT2D eigenvalue weighted by molar-refractivity contribution is 7.92. The predicted molar refractivity (Wildman–Crippen MR) is 78.4 cm³/mol. The van der Waals surface area contributed by atoms with Crippen LogP contribution in [0.4, 0.5) is 0 Å². The Labute approximate surface area is 116 Å². The smallest absolute Gasteiger partial charge is 0.178 e. The third kappa shape index (κ3) is 5.15. The minimum absolute atomic E-state index is 0.109. The van der Waals surface area contributed by atoms with Crippen LogP contribution in [0.25, 0.3) is 0 Å². The molecule has 0 aliphatic carbocycles. The van der Waals surface area contributed by atoms with Crippen LogP contribution in [0.5, 0.6) is 0 Å². The number of hydrogen-bond acceptors (Lipinski definition) is 3. The van der Waals surface area contributed by atoms with E-state index in [9.17, 15) is 13.2 Å². The molecule has 1 aromatic carbocycles. The van der Waals surface area contributed by atoms with Crippen LogP contribution in [0.3, 0.4) is 0 Å². The van der Waals surface area contributed by atoms with Crippen LogP contribution >= 0.6 is 0 Å². The lowest BCUT2D eigenvalue weighted by atomic mass is 10.0. The second kappa shape index (κ2) is 6.85. The molecule has 0 amide bonds. The molecule has 0 N–H and O–H groups in total. The van der Waals surface area contributed by atoms with Crippen LogP contribution in [0.2, 0.25) is 0 Å². The van der Waals surface area contributed by atoms with Gasteiger partial charge in [0.25, 0.3) is 0 Å². The quantitative estimate of drug-likeness (QED) is 0.570. The van der Waals surface area contributed by atoms with E-state index in [0.717, 1.165) is 24.0 Å². The Morgan fingerprint density at radius 1 is 1.16 bits per heavy atom. The monoisotopic (exact) mass is 282 g/mol. The molecule has 106 valence electrons. The highest BCUT2D eigenvalue weighted by Gasteiger charge is 2.19. The van der Waals surface area contributed by atoms with Crippen LogP contribution < -0.4 is 0 Å². The SMILES string of the molecule is CCCCCS(=O)(=O)CC(=O)c1cc(C)ccc1C. The Kier molecular flexibility index (Phi) is 5.73. The second-order valence-corrected chi connectivity index (χ2v) is 7.22. The third-order valence-corrected chi connectivity index (χ3v) is 4.72. The van der Waals surface area contributed by atoms with E-state index in [2.05, 4.69) is 0 Å². The Hall–Kier alpha value is -1.16. The van der Waals surface area contributed by atoms with E-state index in [1.807, 2.05) is 32.9 Å². The van der Waals surface area contributed by atoms with Crippen LogP contribution in [0, 0.1) is 13.8 Å². The van der Waals surface area contributed by atoms with Gasteiger partial charge < -0.3 is 0 Å². The summed E-state index contributed by atoms with van der Waals surface area (Å²) in [5, 5.41) is 0. The molecule has 0 atom stereocenters. The molecular formula is C15H22O3S. The van der Waals surface area contributed by atoms with Crippen molar-refractivity contribution in [3.63, 3.8) is 0 Å². The lowest BCUT2D eigenvalue weighted by Gasteiger charge is -2.07. The molecule has 0 aliphatic rings. The van der Waals surface area contributed by atoms with Gasteiger partial charge in [0.2, 0.25) is 0 Å². The lowest BCUT2D eigenvalue weighted by Crippen LogP contribution is -2.20. The zero-order valence-electron chi connectivity index (χ0n) is 11.9. The van der Waals surface area contributed by atoms with Gasteiger partial charge in [0, 0.05) is 5.56 Å². The van der Waals surface area contributed by atoms with E-state index in [4.69, 9.17) is 0 Å². The third-order valence-electron chi connectivity index (χ3n) is 3.10. The van der Waals surface area contributed by atoms with Gasteiger partial charge in [-0.25, -0.2) is 8.42 Å². The molecule has 1 rings (SSSR count). The highest BCUT2D eigenvalue weighted by Crippen LogP contribution is 2.13. The molecule has 0 saturated heterocycles. The van der Waals surface area contributed by atoms with E-state index < -0.39 is 9.84 Å². The van der Waals surface area contributed by atoms with Gasteiger partial charge in [-0.2, -0.15) is 0 Å². The summed E-state index contributed by atoms with van der Waals surface area (Å²) in [6.07, 6.45) is 2.50. The molecule has 0 spiro atoms. The van der Waals surface area contributed by atoms with Crippen molar-refractivity contribution in [1.82, 2.24) is 0 Å². The molecule has 0 fully saturated rings. The topological polar surface area (TPSA) is 51.2 Å². The van der Waals surface area contributed by atoms with Crippen molar-refractivity contribution in [3.8, 4) is 0 Å². The first kappa shape index (κ1) is 15.9. The average Bonchev–Trinajstić information content (AvgIpc) is 2.31. The van der Waals surface area contributed by atoms with Crippen LogP contribution in [0.1, 0.15) is 47.7 Å². The summed E-state index contributed by atoms with van der Waals surface area (Å²) in [6, 6.07) is 5.54. The maximum absolute atomic E-state index is 12.1. The number of unbranched alkanes of at least 4 members (excludes halogenated alkanes) is 2. The molecule has 0 bridgehead atoms. The summed E-state index contributed by atoms with van der Waals surface area (Å²) < 4.78 is 23.7. The van der Waals surface area contributed by atoms with Crippen molar-refractivity contribution in [2.45, 2.75) is 40.0 Å². The van der Waals surface area contributed by atoms with Crippen molar-refractivity contribution in [1.29, 1.82) is 0 Å². The lowest BCUT2D eigenvalue weighted by molar-refractivity contribution is 0.102. The summed E-state index contributed by atoms with van der Waals surface area (Å²) >= 11 is 0. The van der Waals surface area contributed by atoms with Crippen molar-refractivity contribution in [2.75, 3.05) is 11.5 Å². The fraction of sp³-hybridized carbons (Fsp3) is 0.533. The van der Waals surface area contributed by atoms with E-state index in [1.54, 1.807) is 6.07 Å². The number of Topliss-reactive ketones (excluding diaryl/α,β-unsaturated/α-hetero) is 1. The van der Waals surface area contributed by atoms with Crippen molar-refractivity contribution >= 4 is 15.6 Å². The minimum atomic E-state index is -3.28. The number of hydrogen-bond donors (Lipinski definition) is 0. The van der Waals surface area contributed by atoms with Gasteiger partial charge in [-0.15, -0.1) is 0 Å². The number of carbonyl (C=O) groups is 1. The number of aryl methyl sites for hydroxylation is 2. The first-order valence-electron chi connectivity index (χ1n) is 6.66. The zero-order valence-corrected chi connectivity index (χ0v) is 12.7. The molecular weight excluding hydrogens is 260 g/mol. The molecule has 0 unspecified atom stereocenters. The zero-order chi connectivity index (χ0) is 14.5. The fourth-order valence-corrected chi connectivity index (χ4v) is 3.30. The summed E-state index contributed by atoms with van der Waals surface area (Å²) in [6.45, 7) is 5.75.